The molecule has 1 N–H and O–H groups in total. The predicted molar refractivity (Wildman–Crippen MR) is 61.9 cm³/mol. The Labute approximate surface area is 105 Å². The molecule has 0 aromatic heterocycles. The quantitative estimate of drug-likeness (QED) is 0.872. The number of rotatable bonds is 2. The van der Waals surface area contributed by atoms with Gasteiger partial charge in [-0.05, 0) is 37.0 Å². The Bertz CT molecular complexity index is 513. The molecular formula is C14H14FNO2. The molecule has 2 heterocycles. The van der Waals surface area contributed by atoms with Gasteiger partial charge >= 0.3 is 0 Å². The van der Waals surface area contributed by atoms with Crippen LogP contribution in [-0.2, 0) is 4.74 Å². The van der Waals surface area contributed by atoms with E-state index in [0.717, 1.165) is 12.8 Å². The summed E-state index contributed by atoms with van der Waals surface area (Å²) in [5.41, 5.74) is -0.468. The molecule has 3 nitrogen and oxygen atoms in total. The Morgan fingerprint density at radius 1 is 1.50 bits per heavy atom. The van der Waals surface area contributed by atoms with Crippen molar-refractivity contribution in [2.24, 2.45) is 5.41 Å². The minimum absolute atomic E-state index is 0.0675. The molecule has 2 bridgehead atoms. The van der Waals surface area contributed by atoms with Crippen LogP contribution >= 0.6 is 0 Å². The van der Waals surface area contributed by atoms with Gasteiger partial charge in [0, 0.05) is 0 Å². The Hall–Kier alpha value is -1.44. The standard InChI is InChI=1S/C14H14FNO2/c15-10-3-1-2-9(6-10)13(17)14(8-16)7-11-4-5-12(14)18-11/h1-3,6,11-13,17H,4-5,7H2. The highest BCUT2D eigenvalue weighted by Crippen LogP contribution is 2.53. The summed E-state index contributed by atoms with van der Waals surface area (Å²) < 4.78 is 18.9. The van der Waals surface area contributed by atoms with Crippen molar-refractivity contribution in [1.29, 1.82) is 5.26 Å². The highest BCUT2D eigenvalue weighted by molar-refractivity contribution is 5.27. The van der Waals surface area contributed by atoms with E-state index in [4.69, 9.17) is 4.74 Å². The number of benzene rings is 1. The van der Waals surface area contributed by atoms with Gasteiger partial charge in [0.15, 0.2) is 0 Å². The zero-order valence-corrected chi connectivity index (χ0v) is 9.84. The number of fused-ring (bicyclic) bond motifs is 2. The second kappa shape index (κ2) is 4.04. The number of nitrogens with zero attached hydrogens (tertiary/aromatic N) is 1. The van der Waals surface area contributed by atoms with Gasteiger partial charge in [-0.3, -0.25) is 0 Å². The molecule has 94 valence electrons. The summed E-state index contributed by atoms with van der Waals surface area (Å²) in [4.78, 5) is 0. The fourth-order valence-electron chi connectivity index (χ4n) is 3.18. The number of hydrogen-bond acceptors (Lipinski definition) is 3. The molecule has 18 heavy (non-hydrogen) atoms. The van der Waals surface area contributed by atoms with Crippen LogP contribution in [0, 0.1) is 22.6 Å². The summed E-state index contributed by atoms with van der Waals surface area (Å²) >= 11 is 0. The fraction of sp³-hybridized carbons (Fsp3) is 0.500. The van der Waals surface area contributed by atoms with Gasteiger partial charge in [0.25, 0.3) is 0 Å². The first kappa shape index (κ1) is 11.6. The van der Waals surface area contributed by atoms with Crippen molar-refractivity contribution in [2.45, 2.75) is 37.6 Å². The number of hydrogen-bond donors (Lipinski definition) is 1. The molecular weight excluding hydrogens is 233 g/mol. The van der Waals surface area contributed by atoms with E-state index in [1.165, 1.54) is 12.1 Å². The maximum absolute atomic E-state index is 13.2. The lowest BCUT2D eigenvalue weighted by atomic mass is 9.69. The van der Waals surface area contributed by atoms with E-state index < -0.39 is 17.3 Å². The van der Waals surface area contributed by atoms with Crippen LogP contribution in [0.3, 0.4) is 0 Å². The average Bonchev–Trinajstić information content (AvgIpc) is 2.98. The summed E-state index contributed by atoms with van der Waals surface area (Å²) in [6, 6.07) is 8.04. The number of aliphatic hydroxyl groups excluding tert-OH is 1. The van der Waals surface area contributed by atoms with Gasteiger partial charge in [0.05, 0.1) is 18.3 Å². The lowest BCUT2D eigenvalue weighted by Gasteiger charge is -2.33. The second-order valence-electron chi connectivity index (χ2n) is 5.14. The van der Waals surface area contributed by atoms with Gasteiger partial charge in [-0.25, -0.2) is 4.39 Å². The minimum atomic E-state index is -0.992. The van der Waals surface area contributed by atoms with Crippen molar-refractivity contribution < 1.29 is 14.2 Å². The summed E-state index contributed by atoms with van der Waals surface area (Å²) in [7, 11) is 0. The molecule has 3 rings (SSSR count). The Morgan fingerprint density at radius 2 is 2.33 bits per heavy atom. The Morgan fingerprint density at radius 3 is 2.89 bits per heavy atom. The van der Waals surface area contributed by atoms with Crippen LogP contribution in [0.1, 0.15) is 30.9 Å². The smallest absolute Gasteiger partial charge is 0.123 e. The number of aliphatic hydroxyl groups is 1. The fourth-order valence-corrected chi connectivity index (χ4v) is 3.18. The van der Waals surface area contributed by atoms with Crippen molar-refractivity contribution in [2.75, 3.05) is 0 Å². The first-order chi connectivity index (χ1) is 8.65. The van der Waals surface area contributed by atoms with Crippen molar-refractivity contribution in [3.63, 3.8) is 0 Å². The highest BCUT2D eigenvalue weighted by Gasteiger charge is 2.57. The molecule has 4 atom stereocenters. The molecule has 0 aliphatic carbocycles. The van der Waals surface area contributed by atoms with E-state index in [1.54, 1.807) is 12.1 Å². The van der Waals surface area contributed by atoms with Crippen LogP contribution in [0.2, 0.25) is 0 Å². The first-order valence-electron chi connectivity index (χ1n) is 6.16. The Balaban J connectivity index is 1.96. The van der Waals surface area contributed by atoms with Crippen molar-refractivity contribution >= 4 is 0 Å². The summed E-state index contributed by atoms with van der Waals surface area (Å²) in [6.07, 6.45) is 1.12. The SMILES string of the molecule is N#CC1(C(O)c2cccc(F)c2)CC2CCC1O2. The molecule has 4 heteroatoms. The molecule has 2 aliphatic rings. The van der Waals surface area contributed by atoms with E-state index in [0.29, 0.717) is 12.0 Å². The maximum Gasteiger partial charge on any atom is 0.123 e. The third-order valence-corrected chi connectivity index (χ3v) is 4.11. The molecule has 1 aromatic carbocycles. The largest absolute Gasteiger partial charge is 0.387 e. The molecule has 4 unspecified atom stereocenters. The lowest BCUT2D eigenvalue weighted by molar-refractivity contribution is 0.00328. The topological polar surface area (TPSA) is 53.2 Å². The lowest BCUT2D eigenvalue weighted by Crippen LogP contribution is -2.37. The molecule has 1 aromatic rings. The second-order valence-corrected chi connectivity index (χ2v) is 5.14. The van der Waals surface area contributed by atoms with Crippen molar-refractivity contribution in [3.8, 4) is 6.07 Å². The molecule has 0 radical (unpaired) electrons. The zero-order chi connectivity index (χ0) is 12.8. The summed E-state index contributed by atoms with van der Waals surface area (Å²) in [5, 5.41) is 19.9. The van der Waals surface area contributed by atoms with E-state index >= 15 is 0 Å². The maximum atomic E-state index is 13.2. The third-order valence-electron chi connectivity index (χ3n) is 4.11. The summed E-state index contributed by atoms with van der Waals surface area (Å²) in [6.45, 7) is 0. The van der Waals surface area contributed by atoms with E-state index in [-0.39, 0.29) is 12.2 Å². The van der Waals surface area contributed by atoms with Crippen molar-refractivity contribution in [3.05, 3.63) is 35.6 Å². The van der Waals surface area contributed by atoms with Crippen molar-refractivity contribution in [1.82, 2.24) is 0 Å². The van der Waals surface area contributed by atoms with Crippen LogP contribution < -0.4 is 0 Å². The first-order valence-corrected chi connectivity index (χ1v) is 6.16. The van der Waals surface area contributed by atoms with Gasteiger partial charge in [-0.2, -0.15) is 5.26 Å². The van der Waals surface area contributed by atoms with Gasteiger partial charge in [-0.15, -0.1) is 0 Å². The molecule has 2 saturated heterocycles. The Kier molecular flexibility index (Phi) is 2.61. The monoisotopic (exact) mass is 247 g/mol. The van der Waals surface area contributed by atoms with Crippen LogP contribution in [0.4, 0.5) is 4.39 Å². The zero-order valence-electron chi connectivity index (χ0n) is 9.84. The van der Waals surface area contributed by atoms with Gasteiger partial charge in [0.2, 0.25) is 0 Å². The average molecular weight is 247 g/mol. The van der Waals surface area contributed by atoms with E-state index in [2.05, 4.69) is 6.07 Å². The number of ether oxygens (including phenoxy) is 1. The predicted octanol–water partition coefficient (Wildman–Crippen LogP) is 2.32. The van der Waals surface area contributed by atoms with E-state index in [1.807, 2.05) is 0 Å². The molecule has 2 fully saturated rings. The highest BCUT2D eigenvalue weighted by atomic mass is 19.1. The van der Waals surface area contributed by atoms with Crippen LogP contribution in [0.25, 0.3) is 0 Å². The number of halogens is 1. The number of nitriles is 1. The molecule has 0 saturated carbocycles. The van der Waals surface area contributed by atoms with Crippen LogP contribution in [0.5, 0.6) is 0 Å². The molecule has 2 aliphatic heterocycles. The summed E-state index contributed by atoms with van der Waals surface area (Å²) in [5.74, 6) is -0.399. The van der Waals surface area contributed by atoms with Crippen LogP contribution in [0.15, 0.2) is 24.3 Å². The third kappa shape index (κ3) is 1.55. The normalized spacial score (nSPS) is 35.4. The van der Waals surface area contributed by atoms with Gasteiger partial charge in [0.1, 0.15) is 17.3 Å². The van der Waals surface area contributed by atoms with Crippen LogP contribution in [-0.4, -0.2) is 17.3 Å². The van der Waals surface area contributed by atoms with E-state index in [9.17, 15) is 14.8 Å². The molecule has 0 spiro atoms. The minimum Gasteiger partial charge on any atom is -0.387 e. The van der Waals surface area contributed by atoms with Gasteiger partial charge < -0.3 is 9.84 Å². The van der Waals surface area contributed by atoms with Gasteiger partial charge in [-0.1, -0.05) is 12.1 Å². The molecule has 0 amide bonds.